The first-order valence-electron chi connectivity index (χ1n) is 15.1. The molecule has 3 aromatic carbocycles. The molecule has 4 saturated carbocycles. The molecular weight excluding hydrogens is 500 g/mol. The lowest BCUT2D eigenvalue weighted by molar-refractivity contribution is -0.143. The number of hydrogen-bond donors (Lipinski definition) is 1. The zero-order valence-corrected chi connectivity index (χ0v) is 23.5. The van der Waals surface area contributed by atoms with E-state index in [2.05, 4.69) is 30.3 Å². The van der Waals surface area contributed by atoms with Crippen LogP contribution in [0.15, 0.2) is 54.6 Å². The lowest BCUT2D eigenvalue weighted by atomic mass is 9.48. The zero-order chi connectivity index (χ0) is 27.7. The molecule has 3 aromatic rings. The molecule has 0 unspecified atom stereocenters. The van der Waals surface area contributed by atoms with Gasteiger partial charge in [-0.05, 0) is 140 Å². The van der Waals surface area contributed by atoms with Crippen LogP contribution in [0.3, 0.4) is 0 Å². The van der Waals surface area contributed by atoms with E-state index in [0.717, 1.165) is 59.3 Å². The van der Waals surface area contributed by atoms with Crippen LogP contribution in [0, 0.1) is 17.8 Å². The van der Waals surface area contributed by atoms with E-state index in [4.69, 9.17) is 9.47 Å². The van der Waals surface area contributed by atoms with E-state index < -0.39 is 5.97 Å². The number of unbranched alkanes of at least 4 members (excludes halogenated alkanes) is 2. The first-order valence-corrected chi connectivity index (χ1v) is 15.1. The molecule has 210 valence electrons. The van der Waals surface area contributed by atoms with Gasteiger partial charge >= 0.3 is 11.9 Å². The van der Waals surface area contributed by atoms with Crippen molar-refractivity contribution < 1.29 is 24.2 Å². The van der Waals surface area contributed by atoms with Crippen LogP contribution >= 0.6 is 0 Å². The van der Waals surface area contributed by atoms with E-state index in [9.17, 15) is 14.7 Å². The van der Waals surface area contributed by atoms with Gasteiger partial charge in [-0.2, -0.15) is 0 Å². The number of ether oxygens (including phenoxy) is 2. The van der Waals surface area contributed by atoms with E-state index in [1.807, 2.05) is 19.1 Å². The van der Waals surface area contributed by atoms with Crippen molar-refractivity contribution in [2.45, 2.75) is 76.5 Å². The summed E-state index contributed by atoms with van der Waals surface area (Å²) < 4.78 is 11.6. The molecule has 1 N–H and O–H groups in total. The van der Waals surface area contributed by atoms with Crippen molar-refractivity contribution in [1.82, 2.24) is 0 Å². The predicted octanol–water partition coefficient (Wildman–Crippen LogP) is 8.18. The topological polar surface area (TPSA) is 72.8 Å². The van der Waals surface area contributed by atoms with Crippen LogP contribution in [-0.2, 0) is 14.9 Å². The van der Waals surface area contributed by atoms with Crippen LogP contribution in [0.25, 0.3) is 21.9 Å². The highest BCUT2D eigenvalue weighted by Gasteiger charge is 2.52. The molecule has 4 aliphatic carbocycles. The summed E-state index contributed by atoms with van der Waals surface area (Å²) in [5.41, 5.74) is 4.02. The number of carboxylic acids is 1. The molecule has 0 aromatic heterocycles. The fourth-order valence-corrected chi connectivity index (χ4v) is 8.20. The predicted molar refractivity (Wildman–Crippen MR) is 157 cm³/mol. The summed E-state index contributed by atoms with van der Waals surface area (Å²) in [6.45, 7) is 2.94. The average Bonchev–Trinajstić information content (AvgIpc) is 2.93. The molecule has 5 nitrogen and oxygen atoms in total. The standard InChI is InChI=1S/C35H40O5/c1-2-39-33(36)6-4-3-5-13-40-32-19-29-12-11-28(26-7-9-27(10-8-26)34(37)38)17-30(29)18-31(32)35-20-23-14-24(21-35)16-25(15-23)22-35/h7-12,17-19,23-25H,2-6,13-16,20-22H2,1H3,(H,37,38). The molecule has 0 aliphatic heterocycles. The summed E-state index contributed by atoms with van der Waals surface area (Å²) in [5.74, 6) is 2.56. The lowest BCUT2D eigenvalue weighted by Gasteiger charge is -2.57. The molecule has 4 bridgehead atoms. The van der Waals surface area contributed by atoms with E-state index in [-0.39, 0.29) is 11.4 Å². The van der Waals surface area contributed by atoms with Gasteiger partial charge in [0.1, 0.15) is 5.75 Å². The van der Waals surface area contributed by atoms with E-state index in [0.29, 0.717) is 25.2 Å². The van der Waals surface area contributed by atoms with Gasteiger partial charge in [-0.25, -0.2) is 4.79 Å². The molecule has 0 amide bonds. The SMILES string of the molecule is CCOC(=O)CCCCCOc1cc2ccc(-c3ccc(C(=O)O)cc3)cc2cc1C12CC3CC(CC(C3)C1)C2. The molecule has 0 saturated heterocycles. The van der Waals surface area contributed by atoms with Crippen molar-refractivity contribution in [2.24, 2.45) is 17.8 Å². The monoisotopic (exact) mass is 540 g/mol. The second-order valence-electron chi connectivity index (χ2n) is 12.5. The van der Waals surface area contributed by atoms with Crippen molar-refractivity contribution in [3.63, 3.8) is 0 Å². The van der Waals surface area contributed by atoms with Crippen LogP contribution in [-0.4, -0.2) is 30.3 Å². The first kappa shape index (κ1) is 26.9. The number of rotatable bonds is 11. The van der Waals surface area contributed by atoms with Crippen molar-refractivity contribution in [3.8, 4) is 16.9 Å². The summed E-state index contributed by atoms with van der Waals surface area (Å²) in [7, 11) is 0. The normalized spacial score (nSPS) is 24.8. The molecule has 0 spiro atoms. The molecule has 0 radical (unpaired) electrons. The van der Waals surface area contributed by atoms with Crippen molar-refractivity contribution >= 4 is 22.7 Å². The maximum atomic E-state index is 11.7. The van der Waals surface area contributed by atoms with Gasteiger partial charge in [-0.15, -0.1) is 0 Å². The third-order valence-electron chi connectivity index (χ3n) is 9.60. The molecule has 40 heavy (non-hydrogen) atoms. The van der Waals surface area contributed by atoms with Crippen LogP contribution in [0.2, 0.25) is 0 Å². The van der Waals surface area contributed by atoms with E-state index in [1.54, 1.807) is 12.1 Å². The van der Waals surface area contributed by atoms with Gasteiger partial charge < -0.3 is 14.6 Å². The number of carbonyl (C=O) groups is 2. The molecule has 0 atom stereocenters. The van der Waals surface area contributed by atoms with Gasteiger partial charge in [0.25, 0.3) is 0 Å². The summed E-state index contributed by atoms with van der Waals surface area (Å²) in [5, 5.41) is 11.7. The van der Waals surface area contributed by atoms with E-state index >= 15 is 0 Å². The number of aromatic carboxylic acids is 1. The Labute approximate surface area is 236 Å². The maximum absolute atomic E-state index is 11.7. The number of carbonyl (C=O) groups excluding carboxylic acids is 1. The maximum Gasteiger partial charge on any atom is 0.335 e. The Kier molecular flexibility index (Phi) is 7.57. The highest BCUT2D eigenvalue weighted by molar-refractivity contribution is 5.91. The first-order chi connectivity index (χ1) is 19.4. The summed E-state index contributed by atoms with van der Waals surface area (Å²) in [4.78, 5) is 23.0. The summed E-state index contributed by atoms with van der Waals surface area (Å²) in [6.07, 6.45) is 11.2. The number of carboxylic acid groups (broad SMARTS) is 1. The summed E-state index contributed by atoms with van der Waals surface area (Å²) >= 11 is 0. The second kappa shape index (κ2) is 11.3. The minimum absolute atomic E-state index is 0.112. The Morgan fingerprint density at radius 1 is 0.825 bits per heavy atom. The molecule has 5 heteroatoms. The fraction of sp³-hybridized carbons (Fsp3) is 0.486. The number of benzene rings is 3. The zero-order valence-electron chi connectivity index (χ0n) is 23.5. The largest absolute Gasteiger partial charge is 0.493 e. The Morgan fingerprint density at radius 2 is 1.50 bits per heavy atom. The lowest BCUT2D eigenvalue weighted by Crippen LogP contribution is -2.48. The smallest absolute Gasteiger partial charge is 0.335 e. The average molecular weight is 541 g/mol. The van der Waals surface area contributed by atoms with Crippen molar-refractivity contribution in [1.29, 1.82) is 0 Å². The van der Waals surface area contributed by atoms with Crippen LogP contribution in [0.1, 0.15) is 87.1 Å². The fourth-order valence-electron chi connectivity index (χ4n) is 8.20. The molecule has 4 aliphatic rings. The third-order valence-corrected chi connectivity index (χ3v) is 9.60. The van der Waals surface area contributed by atoms with Gasteiger partial charge in [0.2, 0.25) is 0 Å². The Morgan fingerprint density at radius 3 is 2.15 bits per heavy atom. The summed E-state index contributed by atoms with van der Waals surface area (Å²) in [6, 6.07) is 18.3. The van der Waals surface area contributed by atoms with Gasteiger partial charge in [-0.3, -0.25) is 4.79 Å². The highest BCUT2D eigenvalue weighted by atomic mass is 16.5. The van der Waals surface area contributed by atoms with E-state index in [1.165, 1.54) is 49.5 Å². The van der Waals surface area contributed by atoms with Crippen molar-refractivity contribution in [2.75, 3.05) is 13.2 Å². The third kappa shape index (κ3) is 5.48. The molecule has 4 fully saturated rings. The number of esters is 1. The van der Waals surface area contributed by atoms with Crippen LogP contribution in [0.4, 0.5) is 0 Å². The van der Waals surface area contributed by atoms with Crippen LogP contribution in [0.5, 0.6) is 5.75 Å². The van der Waals surface area contributed by atoms with Gasteiger partial charge in [0, 0.05) is 12.0 Å². The van der Waals surface area contributed by atoms with Gasteiger partial charge in [-0.1, -0.05) is 24.3 Å². The Balaban J connectivity index is 1.27. The highest BCUT2D eigenvalue weighted by Crippen LogP contribution is 2.62. The molecular formula is C35H40O5. The minimum atomic E-state index is -0.906. The van der Waals surface area contributed by atoms with Gasteiger partial charge in [0.15, 0.2) is 0 Å². The quantitative estimate of drug-likeness (QED) is 0.196. The van der Waals surface area contributed by atoms with Crippen molar-refractivity contribution in [3.05, 3.63) is 65.7 Å². The Hall–Kier alpha value is -3.34. The second-order valence-corrected chi connectivity index (χ2v) is 12.5. The van der Waals surface area contributed by atoms with Crippen LogP contribution < -0.4 is 4.74 Å². The van der Waals surface area contributed by atoms with Gasteiger partial charge in [0.05, 0.1) is 18.8 Å². The Bertz CT molecular complexity index is 1350. The minimum Gasteiger partial charge on any atom is -0.493 e. The number of fused-ring (bicyclic) bond motifs is 1. The molecule has 0 heterocycles. The molecule has 7 rings (SSSR count). The number of hydrogen-bond acceptors (Lipinski definition) is 4.